The van der Waals surface area contributed by atoms with Crippen molar-refractivity contribution in [1.29, 1.82) is 0 Å². The van der Waals surface area contributed by atoms with E-state index in [1.807, 2.05) is 24.3 Å². The number of anilines is 1. The monoisotopic (exact) mass is 478 g/mol. The molecule has 1 heterocycles. The number of hydrogen-bond donors (Lipinski definition) is 0. The number of nitrogens with zero attached hydrogens (tertiary/aromatic N) is 2. The van der Waals surface area contributed by atoms with Crippen LogP contribution in [0.15, 0.2) is 42.5 Å². The van der Waals surface area contributed by atoms with Gasteiger partial charge in [0.05, 0.1) is 16.8 Å². The zero-order chi connectivity index (χ0) is 22.2. The summed E-state index contributed by atoms with van der Waals surface area (Å²) in [6.07, 6.45) is 5.28. The maximum Gasteiger partial charge on any atom is 0.0670 e. The van der Waals surface area contributed by atoms with Gasteiger partial charge in [-0.1, -0.05) is 67.7 Å². The molecular formula is C26H33Cl3N2. The lowest BCUT2D eigenvalue weighted by Gasteiger charge is -2.48. The first-order valence-corrected chi connectivity index (χ1v) is 12.6. The Bertz CT molecular complexity index is 883. The van der Waals surface area contributed by atoms with Crippen LogP contribution in [-0.4, -0.2) is 30.6 Å². The van der Waals surface area contributed by atoms with Gasteiger partial charge in [0.1, 0.15) is 0 Å². The summed E-state index contributed by atoms with van der Waals surface area (Å²) in [5.41, 5.74) is 2.76. The second kappa shape index (κ2) is 9.51. The highest BCUT2D eigenvalue weighted by Gasteiger charge is 2.36. The molecule has 1 saturated heterocycles. The van der Waals surface area contributed by atoms with Crippen molar-refractivity contribution in [3.8, 4) is 0 Å². The Morgan fingerprint density at radius 2 is 1.45 bits per heavy atom. The van der Waals surface area contributed by atoms with Crippen molar-refractivity contribution in [1.82, 2.24) is 4.90 Å². The van der Waals surface area contributed by atoms with E-state index in [1.165, 1.54) is 31.2 Å². The minimum absolute atomic E-state index is 0.241. The molecule has 2 aromatic carbocycles. The topological polar surface area (TPSA) is 6.48 Å². The van der Waals surface area contributed by atoms with Crippen molar-refractivity contribution in [3.63, 3.8) is 0 Å². The van der Waals surface area contributed by atoms with E-state index in [0.717, 1.165) is 36.3 Å². The Morgan fingerprint density at radius 1 is 0.806 bits per heavy atom. The van der Waals surface area contributed by atoms with Gasteiger partial charge in [0.2, 0.25) is 0 Å². The summed E-state index contributed by atoms with van der Waals surface area (Å²) in [5, 5.41) is 2.16. The largest absolute Gasteiger partial charge is 0.361 e. The molecule has 0 N–H and O–H groups in total. The van der Waals surface area contributed by atoms with Crippen molar-refractivity contribution in [3.05, 3.63) is 63.1 Å². The summed E-state index contributed by atoms with van der Waals surface area (Å²) >= 11 is 19.0. The normalized spacial score (nSPS) is 25.6. The Hall–Kier alpha value is -0.930. The van der Waals surface area contributed by atoms with E-state index >= 15 is 0 Å². The lowest BCUT2D eigenvalue weighted by Crippen LogP contribution is -2.53. The number of benzene rings is 2. The molecule has 0 bridgehead atoms. The van der Waals surface area contributed by atoms with Gasteiger partial charge in [-0.2, -0.15) is 0 Å². The number of hydrogen-bond acceptors (Lipinski definition) is 2. The molecule has 4 rings (SSSR count). The number of piperazine rings is 1. The van der Waals surface area contributed by atoms with Crippen LogP contribution in [-0.2, 0) is 0 Å². The molecule has 31 heavy (non-hydrogen) atoms. The summed E-state index contributed by atoms with van der Waals surface area (Å²) in [4.78, 5) is 5.16. The van der Waals surface area contributed by atoms with Gasteiger partial charge >= 0.3 is 0 Å². The highest BCUT2D eigenvalue weighted by atomic mass is 35.5. The molecule has 1 saturated carbocycles. The van der Waals surface area contributed by atoms with Gasteiger partial charge < -0.3 is 4.90 Å². The molecule has 1 aliphatic heterocycles. The van der Waals surface area contributed by atoms with Gasteiger partial charge in [0, 0.05) is 35.7 Å². The minimum Gasteiger partial charge on any atom is -0.361 e. The summed E-state index contributed by atoms with van der Waals surface area (Å²) in [5.74, 6) is 0.838. The maximum absolute atomic E-state index is 6.62. The smallest absolute Gasteiger partial charge is 0.0670 e. The molecule has 168 valence electrons. The van der Waals surface area contributed by atoms with Crippen molar-refractivity contribution in [2.24, 2.45) is 11.3 Å². The summed E-state index contributed by atoms with van der Waals surface area (Å²) < 4.78 is 0. The van der Waals surface area contributed by atoms with Gasteiger partial charge in [0.15, 0.2) is 0 Å². The molecule has 5 heteroatoms. The molecule has 2 aromatic rings. The molecule has 1 atom stereocenters. The molecule has 0 radical (unpaired) electrons. The molecule has 2 nitrogen and oxygen atoms in total. The third-order valence-corrected chi connectivity index (χ3v) is 8.11. The second-order valence-electron chi connectivity index (χ2n) is 10.2. The minimum atomic E-state index is 0.241. The van der Waals surface area contributed by atoms with Gasteiger partial charge in [-0.05, 0) is 72.9 Å². The van der Waals surface area contributed by atoms with Crippen LogP contribution in [0.4, 0.5) is 5.69 Å². The van der Waals surface area contributed by atoms with Crippen LogP contribution in [0.25, 0.3) is 0 Å². The summed E-state index contributed by atoms with van der Waals surface area (Å²) in [6, 6.07) is 15.0. The van der Waals surface area contributed by atoms with E-state index < -0.39 is 0 Å². The van der Waals surface area contributed by atoms with E-state index in [1.54, 1.807) is 0 Å². The first-order valence-electron chi connectivity index (χ1n) is 11.4. The molecule has 1 aliphatic carbocycles. The number of rotatable bonds is 3. The Kier molecular flexibility index (Phi) is 7.13. The standard InChI is InChI=1S/C26H33Cl3N2/c1-26(2,3)19-6-11-22(12-7-19)30-14-15-31(24-13-10-21(28)16-23(24)29)25(17-30)18-4-8-20(27)9-5-18/h4-5,8-10,13,16,19,22,25H,6-7,11-12,14-15,17H2,1-3H3. The predicted molar refractivity (Wildman–Crippen MR) is 135 cm³/mol. The second-order valence-corrected chi connectivity index (χ2v) is 11.5. The number of halogens is 3. The van der Waals surface area contributed by atoms with E-state index in [9.17, 15) is 0 Å². The van der Waals surface area contributed by atoms with Gasteiger partial charge in [-0.25, -0.2) is 0 Å². The third-order valence-electron chi connectivity index (χ3n) is 7.32. The first-order chi connectivity index (χ1) is 14.7. The molecule has 2 aliphatic rings. The van der Waals surface area contributed by atoms with E-state index in [2.05, 4.69) is 48.8 Å². The van der Waals surface area contributed by atoms with E-state index in [4.69, 9.17) is 34.8 Å². The fraction of sp³-hybridized carbons (Fsp3) is 0.538. The first kappa shape index (κ1) is 23.2. The molecule has 0 spiro atoms. The van der Waals surface area contributed by atoms with Gasteiger partial charge in [0.25, 0.3) is 0 Å². The zero-order valence-electron chi connectivity index (χ0n) is 18.8. The SMILES string of the molecule is CC(C)(C)C1CCC(N2CCN(c3ccc(Cl)cc3Cl)C(c3ccc(Cl)cc3)C2)CC1. The van der Waals surface area contributed by atoms with Crippen LogP contribution in [0.5, 0.6) is 0 Å². The van der Waals surface area contributed by atoms with Crippen molar-refractivity contribution < 1.29 is 0 Å². The Morgan fingerprint density at radius 3 is 2.06 bits per heavy atom. The lowest BCUT2D eigenvalue weighted by atomic mass is 9.71. The third kappa shape index (κ3) is 5.36. The highest BCUT2D eigenvalue weighted by Crippen LogP contribution is 2.41. The van der Waals surface area contributed by atoms with Gasteiger partial charge in [-0.3, -0.25) is 4.90 Å². The predicted octanol–water partition coefficient (Wildman–Crippen LogP) is 8.12. The zero-order valence-corrected chi connectivity index (χ0v) is 21.0. The molecule has 2 fully saturated rings. The van der Waals surface area contributed by atoms with Crippen molar-refractivity contribution >= 4 is 40.5 Å². The quantitative estimate of drug-likeness (QED) is 0.438. The van der Waals surface area contributed by atoms with Crippen LogP contribution in [0.2, 0.25) is 15.1 Å². The highest BCUT2D eigenvalue weighted by molar-refractivity contribution is 6.36. The Balaban J connectivity index is 1.55. The van der Waals surface area contributed by atoms with E-state index in [0.29, 0.717) is 21.5 Å². The van der Waals surface area contributed by atoms with Crippen LogP contribution in [0.3, 0.4) is 0 Å². The van der Waals surface area contributed by atoms with Gasteiger partial charge in [-0.15, -0.1) is 0 Å². The Labute approximate surface area is 202 Å². The fourth-order valence-electron chi connectivity index (χ4n) is 5.42. The van der Waals surface area contributed by atoms with E-state index in [-0.39, 0.29) is 6.04 Å². The van der Waals surface area contributed by atoms with Crippen LogP contribution in [0.1, 0.15) is 58.1 Å². The van der Waals surface area contributed by atoms with Crippen molar-refractivity contribution in [2.45, 2.75) is 58.5 Å². The lowest BCUT2D eigenvalue weighted by molar-refractivity contribution is 0.0820. The van der Waals surface area contributed by atoms with Crippen LogP contribution >= 0.6 is 34.8 Å². The van der Waals surface area contributed by atoms with Crippen LogP contribution in [0, 0.1) is 11.3 Å². The molecule has 0 aromatic heterocycles. The average molecular weight is 480 g/mol. The van der Waals surface area contributed by atoms with Crippen LogP contribution < -0.4 is 4.90 Å². The average Bonchev–Trinajstić information content (AvgIpc) is 2.74. The molecule has 0 amide bonds. The molecular weight excluding hydrogens is 447 g/mol. The maximum atomic E-state index is 6.62. The summed E-state index contributed by atoms with van der Waals surface area (Å²) in [6.45, 7) is 10.2. The molecule has 1 unspecified atom stereocenters. The van der Waals surface area contributed by atoms with Crippen molar-refractivity contribution in [2.75, 3.05) is 24.5 Å². The fourth-order valence-corrected chi connectivity index (χ4v) is 6.06. The summed E-state index contributed by atoms with van der Waals surface area (Å²) in [7, 11) is 0.